The fraction of sp³-hybridized carbons (Fsp3) is 0.833. The van der Waals surface area contributed by atoms with Crippen molar-refractivity contribution in [3.63, 3.8) is 0 Å². The third kappa shape index (κ3) is 2.42. The summed E-state index contributed by atoms with van der Waals surface area (Å²) >= 11 is 0. The fourth-order valence-electron chi connectivity index (χ4n) is 2.40. The second-order valence-electron chi connectivity index (χ2n) is 4.40. The SMILES string of the molecule is CCCCCN1CCCC1(C#N)C(=O)CN. The van der Waals surface area contributed by atoms with Gasteiger partial charge in [-0.2, -0.15) is 5.26 Å². The van der Waals surface area contributed by atoms with Gasteiger partial charge in [-0.1, -0.05) is 19.8 Å². The maximum absolute atomic E-state index is 11.8. The molecule has 0 saturated carbocycles. The summed E-state index contributed by atoms with van der Waals surface area (Å²) < 4.78 is 0. The third-order valence-electron chi connectivity index (χ3n) is 3.37. The molecule has 1 heterocycles. The molecular formula is C12H21N3O. The van der Waals surface area contributed by atoms with Gasteiger partial charge in [0.1, 0.15) is 0 Å². The van der Waals surface area contributed by atoms with Crippen molar-refractivity contribution < 1.29 is 4.79 Å². The lowest BCUT2D eigenvalue weighted by molar-refractivity contribution is -0.125. The first-order valence-electron chi connectivity index (χ1n) is 6.11. The van der Waals surface area contributed by atoms with Gasteiger partial charge in [-0.15, -0.1) is 0 Å². The van der Waals surface area contributed by atoms with E-state index in [2.05, 4.69) is 13.0 Å². The molecule has 0 aliphatic carbocycles. The number of Topliss-reactive ketones (excluding diaryl/α,β-unsaturated/α-hetero) is 1. The molecule has 0 aromatic carbocycles. The zero-order valence-corrected chi connectivity index (χ0v) is 10.0. The van der Waals surface area contributed by atoms with Crippen LogP contribution in [0.4, 0.5) is 0 Å². The number of likely N-dealkylation sites (tertiary alicyclic amines) is 1. The van der Waals surface area contributed by atoms with Gasteiger partial charge in [-0.3, -0.25) is 9.69 Å². The van der Waals surface area contributed by atoms with E-state index >= 15 is 0 Å². The predicted molar refractivity (Wildman–Crippen MR) is 62.7 cm³/mol. The molecule has 0 aromatic rings. The van der Waals surface area contributed by atoms with Crippen molar-refractivity contribution in [3.05, 3.63) is 0 Å². The molecule has 1 aliphatic rings. The highest BCUT2D eigenvalue weighted by atomic mass is 16.1. The van der Waals surface area contributed by atoms with Crippen molar-refractivity contribution in [2.24, 2.45) is 5.73 Å². The van der Waals surface area contributed by atoms with Gasteiger partial charge in [0, 0.05) is 13.1 Å². The minimum atomic E-state index is -0.914. The number of ketones is 1. The molecule has 0 spiro atoms. The molecular weight excluding hydrogens is 202 g/mol. The van der Waals surface area contributed by atoms with E-state index in [1.165, 1.54) is 0 Å². The Morgan fingerprint density at radius 3 is 2.88 bits per heavy atom. The van der Waals surface area contributed by atoms with E-state index < -0.39 is 5.54 Å². The smallest absolute Gasteiger partial charge is 0.181 e. The highest BCUT2D eigenvalue weighted by Crippen LogP contribution is 2.29. The second-order valence-corrected chi connectivity index (χ2v) is 4.40. The summed E-state index contributed by atoms with van der Waals surface area (Å²) in [6.45, 7) is 3.81. The van der Waals surface area contributed by atoms with Crippen LogP contribution < -0.4 is 5.73 Å². The van der Waals surface area contributed by atoms with Crippen LogP contribution in [0, 0.1) is 11.3 Å². The number of hydrogen-bond donors (Lipinski definition) is 1. The number of hydrogen-bond acceptors (Lipinski definition) is 4. The number of nitrogens with zero attached hydrogens (tertiary/aromatic N) is 2. The van der Waals surface area contributed by atoms with E-state index in [1.54, 1.807) is 0 Å². The summed E-state index contributed by atoms with van der Waals surface area (Å²) in [5, 5.41) is 9.28. The highest BCUT2D eigenvalue weighted by Gasteiger charge is 2.46. The molecule has 4 nitrogen and oxygen atoms in total. The van der Waals surface area contributed by atoms with Crippen LogP contribution in [0.15, 0.2) is 0 Å². The first kappa shape index (κ1) is 13.1. The number of carbonyl (C=O) groups is 1. The summed E-state index contributed by atoms with van der Waals surface area (Å²) in [7, 11) is 0. The number of nitriles is 1. The lowest BCUT2D eigenvalue weighted by Crippen LogP contribution is -2.52. The largest absolute Gasteiger partial charge is 0.324 e. The van der Waals surface area contributed by atoms with Crippen LogP contribution in [0.1, 0.15) is 39.0 Å². The van der Waals surface area contributed by atoms with E-state index in [0.29, 0.717) is 6.42 Å². The number of nitrogens with two attached hydrogens (primary N) is 1. The summed E-state index contributed by atoms with van der Waals surface area (Å²) in [6.07, 6.45) is 4.92. The predicted octanol–water partition coefficient (Wildman–Crippen LogP) is 1.06. The van der Waals surface area contributed by atoms with Gasteiger partial charge >= 0.3 is 0 Å². The second kappa shape index (κ2) is 5.97. The molecule has 0 aromatic heterocycles. The van der Waals surface area contributed by atoms with Gasteiger partial charge in [0.05, 0.1) is 12.6 Å². The van der Waals surface area contributed by atoms with Crippen LogP contribution in [0.3, 0.4) is 0 Å². The Morgan fingerprint density at radius 2 is 2.31 bits per heavy atom. The zero-order chi connectivity index (χ0) is 12.0. The van der Waals surface area contributed by atoms with E-state index in [-0.39, 0.29) is 12.3 Å². The maximum Gasteiger partial charge on any atom is 0.181 e. The van der Waals surface area contributed by atoms with Gasteiger partial charge < -0.3 is 5.73 Å². The summed E-state index contributed by atoms with van der Waals surface area (Å²) in [5.74, 6) is -0.121. The van der Waals surface area contributed by atoms with Crippen molar-refractivity contribution in [1.29, 1.82) is 5.26 Å². The molecule has 1 aliphatic heterocycles. The van der Waals surface area contributed by atoms with Crippen molar-refractivity contribution in [2.45, 2.75) is 44.6 Å². The summed E-state index contributed by atoms with van der Waals surface area (Å²) in [6, 6.07) is 2.20. The Bertz CT molecular complexity index is 284. The van der Waals surface area contributed by atoms with E-state index in [0.717, 1.165) is 38.8 Å². The molecule has 1 rings (SSSR count). The van der Waals surface area contributed by atoms with Crippen LogP contribution in [-0.2, 0) is 4.79 Å². The Balaban J connectivity index is 2.68. The van der Waals surface area contributed by atoms with Crippen molar-refractivity contribution >= 4 is 5.78 Å². The van der Waals surface area contributed by atoms with Crippen LogP contribution in [-0.4, -0.2) is 35.9 Å². The van der Waals surface area contributed by atoms with Gasteiger partial charge in [0.25, 0.3) is 0 Å². The van der Waals surface area contributed by atoms with Gasteiger partial charge in [-0.05, 0) is 19.3 Å². The Labute approximate surface area is 97.4 Å². The standard InChI is InChI=1S/C12H21N3O/c1-2-3-4-7-15-8-5-6-12(15,10-14)11(16)9-13/h2-9,13H2,1H3. The minimum absolute atomic E-state index is 0.0299. The number of unbranched alkanes of at least 4 members (excludes halogenated alkanes) is 2. The monoisotopic (exact) mass is 223 g/mol. The molecule has 90 valence electrons. The van der Waals surface area contributed by atoms with E-state index in [4.69, 9.17) is 5.73 Å². The Morgan fingerprint density at radius 1 is 1.56 bits per heavy atom. The lowest BCUT2D eigenvalue weighted by atomic mass is 9.92. The molecule has 1 saturated heterocycles. The summed E-state index contributed by atoms with van der Waals surface area (Å²) in [5.41, 5.74) is 4.49. The van der Waals surface area contributed by atoms with Gasteiger partial charge in [0.15, 0.2) is 11.3 Å². The highest BCUT2D eigenvalue weighted by molar-refractivity contribution is 5.93. The van der Waals surface area contributed by atoms with Crippen molar-refractivity contribution in [2.75, 3.05) is 19.6 Å². The molecule has 0 radical (unpaired) electrons. The van der Waals surface area contributed by atoms with Gasteiger partial charge in [0.2, 0.25) is 0 Å². The molecule has 0 bridgehead atoms. The molecule has 16 heavy (non-hydrogen) atoms. The van der Waals surface area contributed by atoms with Crippen LogP contribution in [0.25, 0.3) is 0 Å². The van der Waals surface area contributed by atoms with Crippen LogP contribution in [0.2, 0.25) is 0 Å². The normalized spacial score (nSPS) is 25.6. The molecule has 0 amide bonds. The van der Waals surface area contributed by atoms with E-state index in [1.807, 2.05) is 4.90 Å². The average molecular weight is 223 g/mol. The molecule has 2 N–H and O–H groups in total. The van der Waals surface area contributed by atoms with Gasteiger partial charge in [-0.25, -0.2) is 0 Å². The maximum atomic E-state index is 11.8. The Hall–Kier alpha value is -0.920. The van der Waals surface area contributed by atoms with E-state index in [9.17, 15) is 10.1 Å². The fourth-order valence-corrected chi connectivity index (χ4v) is 2.40. The van der Waals surface area contributed by atoms with Crippen LogP contribution >= 0.6 is 0 Å². The van der Waals surface area contributed by atoms with Crippen LogP contribution in [0.5, 0.6) is 0 Å². The zero-order valence-electron chi connectivity index (χ0n) is 10.0. The lowest BCUT2D eigenvalue weighted by Gasteiger charge is -2.30. The minimum Gasteiger partial charge on any atom is -0.324 e. The average Bonchev–Trinajstić information content (AvgIpc) is 2.73. The quantitative estimate of drug-likeness (QED) is 0.684. The molecule has 1 fully saturated rings. The topological polar surface area (TPSA) is 70.1 Å². The first-order chi connectivity index (χ1) is 7.71. The van der Waals surface area contributed by atoms with Crippen molar-refractivity contribution in [3.8, 4) is 6.07 Å². The summed E-state index contributed by atoms with van der Waals surface area (Å²) in [4.78, 5) is 13.8. The van der Waals surface area contributed by atoms with Crippen molar-refractivity contribution in [1.82, 2.24) is 4.90 Å². The third-order valence-corrected chi connectivity index (χ3v) is 3.37. The number of rotatable bonds is 6. The molecule has 4 heteroatoms. The molecule has 1 atom stereocenters. The Kier molecular flexibility index (Phi) is 4.91. The molecule has 1 unspecified atom stereocenters. The number of carbonyl (C=O) groups excluding carboxylic acids is 1. The first-order valence-corrected chi connectivity index (χ1v) is 6.11.